The number of hydrogen-bond donors (Lipinski definition) is 2. The topological polar surface area (TPSA) is 84.0 Å². The van der Waals surface area contributed by atoms with E-state index in [2.05, 4.69) is 10.3 Å². The second-order valence-electron chi connectivity index (χ2n) is 7.42. The SMILES string of the molecule is Cn1cc(-c2cc(CS(C)(=O)=O)ccc2Nc2ccc(F)cc2F)c2cc[nH]c2c1=O. The van der Waals surface area contributed by atoms with Gasteiger partial charge in [0.2, 0.25) is 0 Å². The third-order valence-electron chi connectivity index (χ3n) is 4.90. The highest BCUT2D eigenvalue weighted by molar-refractivity contribution is 7.89. The number of anilines is 2. The number of sulfone groups is 1. The molecule has 0 bridgehead atoms. The molecule has 160 valence electrons. The highest BCUT2D eigenvalue weighted by Crippen LogP contribution is 2.35. The van der Waals surface area contributed by atoms with Crippen LogP contribution in [0.3, 0.4) is 0 Å². The van der Waals surface area contributed by atoms with Crippen molar-refractivity contribution in [2.45, 2.75) is 5.75 Å². The number of fused-ring (bicyclic) bond motifs is 1. The van der Waals surface area contributed by atoms with Crippen LogP contribution in [-0.2, 0) is 22.6 Å². The molecule has 0 saturated heterocycles. The molecule has 4 rings (SSSR count). The Labute approximate surface area is 177 Å². The molecule has 9 heteroatoms. The maximum atomic E-state index is 14.3. The number of nitrogens with zero attached hydrogens (tertiary/aromatic N) is 1. The lowest BCUT2D eigenvalue weighted by molar-refractivity contribution is 0.586. The molecule has 4 aromatic rings. The van der Waals surface area contributed by atoms with Gasteiger partial charge >= 0.3 is 0 Å². The molecule has 0 aliphatic carbocycles. The monoisotopic (exact) mass is 443 g/mol. The van der Waals surface area contributed by atoms with E-state index in [1.54, 1.807) is 43.7 Å². The van der Waals surface area contributed by atoms with Gasteiger partial charge in [0, 0.05) is 54.0 Å². The summed E-state index contributed by atoms with van der Waals surface area (Å²) in [5.41, 5.74) is 2.49. The van der Waals surface area contributed by atoms with Gasteiger partial charge in [0.15, 0.2) is 9.84 Å². The molecule has 0 fully saturated rings. The van der Waals surface area contributed by atoms with Crippen molar-refractivity contribution in [3.8, 4) is 11.1 Å². The summed E-state index contributed by atoms with van der Waals surface area (Å²) in [5, 5.41) is 3.60. The highest BCUT2D eigenvalue weighted by atomic mass is 32.2. The number of rotatable bonds is 5. The zero-order chi connectivity index (χ0) is 22.3. The Morgan fingerprint density at radius 1 is 1.03 bits per heavy atom. The van der Waals surface area contributed by atoms with Crippen LogP contribution in [0.4, 0.5) is 20.2 Å². The standard InChI is InChI=1S/C22H19F2N3O3S/c1-27-11-17(15-7-8-25-21(15)22(27)28)16-9-13(12-31(2,29)30)3-5-19(16)26-20-6-4-14(23)10-18(20)24/h3-11,25-26H,12H2,1-2H3. The maximum absolute atomic E-state index is 14.3. The maximum Gasteiger partial charge on any atom is 0.274 e. The number of nitrogens with one attached hydrogen (secondary N) is 2. The van der Waals surface area contributed by atoms with Crippen LogP contribution in [0.25, 0.3) is 22.0 Å². The Morgan fingerprint density at radius 2 is 1.77 bits per heavy atom. The van der Waals surface area contributed by atoms with Crippen LogP contribution < -0.4 is 10.9 Å². The fourth-order valence-corrected chi connectivity index (χ4v) is 4.32. The van der Waals surface area contributed by atoms with Crippen molar-refractivity contribution in [1.29, 1.82) is 0 Å². The van der Waals surface area contributed by atoms with Gasteiger partial charge in [0.25, 0.3) is 5.56 Å². The molecule has 2 aromatic heterocycles. The van der Waals surface area contributed by atoms with E-state index in [1.807, 2.05) is 0 Å². The van der Waals surface area contributed by atoms with Gasteiger partial charge in [-0.25, -0.2) is 17.2 Å². The Kier molecular flexibility index (Phi) is 5.14. The molecule has 0 spiro atoms. The van der Waals surface area contributed by atoms with Gasteiger partial charge in [-0.1, -0.05) is 6.07 Å². The van der Waals surface area contributed by atoms with Gasteiger partial charge in [0.05, 0.1) is 11.4 Å². The van der Waals surface area contributed by atoms with E-state index in [0.29, 0.717) is 33.3 Å². The van der Waals surface area contributed by atoms with Crippen molar-refractivity contribution in [2.75, 3.05) is 11.6 Å². The summed E-state index contributed by atoms with van der Waals surface area (Å²) < 4.78 is 52.6. The molecule has 0 aliphatic heterocycles. The summed E-state index contributed by atoms with van der Waals surface area (Å²) in [7, 11) is -1.68. The molecule has 2 heterocycles. The van der Waals surface area contributed by atoms with Gasteiger partial charge < -0.3 is 14.9 Å². The quantitative estimate of drug-likeness (QED) is 0.487. The fourth-order valence-electron chi connectivity index (χ4n) is 3.54. The Balaban J connectivity index is 1.94. The molecule has 0 atom stereocenters. The second-order valence-corrected chi connectivity index (χ2v) is 9.56. The fraction of sp³-hybridized carbons (Fsp3) is 0.136. The number of halogens is 2. The minimum atomic E-state index is -3.29. The van der Waals surface area contributed by atoms with Crippen LogP contribution >= 0.6 is 0 Å². The summed E-state index contributed by atoms with van der Waals surface area (Å²) in [6.07, 6.45) is 4.43. The van der Waals surface area contributed by atoms with E-state index >= 15 is 0 Å². The first-order valence-corrected chi connectivity index (χ1v) is 11.4. The van der Waals surface area contributed by atoms with Crippen molar-refractivity contribution >= 4 is 32.1 Å². The van der Waals surface area contributed by atoms with E-state index in [1.165, 1.54) is 10.6 Å². The molecule has 6 nitrogen and oxygen atoms in total. The van der Waals surface area contributed by atoms with Gasteiger partial charge in [0.1, 0.15) is 17.2 Å². The Hall–Kier alpha value is -3.46. The molecule has 0 unspecified atom stereocenters. The van der Waals surface area contributed by atoms with Crippen LogP contribution in [-0.4, -0.2) is 24.2 Å². The normalized spacial score (nSPS) is 11.7. The van der Waals surface area contributed by atoms with Gasteiger partial charge in [-0.3, -0.25) is 4.79 Å². The van der Waals surface area contributed by atoms with Crippen LogP contribution in [0.15, 0.2) is 59.7 Å². The number of aromatic amines is 1. The number of hydrogen-bond acceptors (Lipinski definition) is 4. The first-order chi connectivity index (χ1) is 14.6. The Morgan fingerprint density at radius 3 is 2.48 bits per heavy atom. The molecule has 0 amide bonds. The van der Waals surface area contributed by atoms with Gasteiger partial charge in [-0.05, 0) is 35.9 Å². The van der Waals surface area contributed by atoms with E-state index in [0.717, 1.165) is 18.4 Å². The summed E-state index contributed by atoms with van der Waals surface area (Å²) in [6, 6.07) is 9.91. The molecule has 0 aliphatic rings. The smallest absolute Gasteiger partial charge is 0.274 e. The molecule has 31 heavy (non-hydrogen) atoms. The number of aryl methyl sites for hydroxylation is 1. The van der Waals surface area contributed by atoms with Crippen LogP contribution in [0, 0.1) is 11.6 Å². The largest absolute Gasteiger partial charge is 0.357 e. The van der Waals surface area contributed by atoms with Crippen LogP contribution in [0.2, 0.25) is 0 Å². The zero-order valence-corrected chi connectivity index (χ0v) is 17.6. The van der Waals surface area contributed by atoms with Crippen LogP contribution in [0.5, 0.6) is 0 Å². The summed E-state index contributed by atoms with van der Waals surface area (Å²) >= 11 is 0. The zero-order valence-electron chi connectivity index (χ0n) is 16.7. The van der Waals surface area contributed by atoms with E-state index < -0.39 is 21.5 Å². The van der Waals surface area contributed by atoms with E-state index in [-0.39, 0.29) is 17.0 Å². The van der Waals surface area contributed by atoms with Crippen molar-refractivity contribution < 1.29 is 17.2 Å². The number of pyridine rings is 1. The highest BCUT2D eigenvalue weighted by Gasteiger charge is 2.16. The Bertz CT molecular complexity index is 1470. The minimum absolute atomic E-state index is 0.0636. The van der Waals surface area contributed by atoms with E-state index in [4.69, 9.17) is 0 Å². The van der Waals surface area contributed by atoms with Crippen LogP contribution in [0.1, 0.15) is 5.56 Å². The molecule has 0 radical (unpaired) electrons. The number of H-pyrrole nitrogens is 1. The second kappa shape index (κ2) is 7.66. The van der Waals surface area contributed by atoms with Gasteiger partial charge in [-0.2, -0.15) is 0 Å². The molecule has 2 N–H and O–H groups in total. The predicted octanol–water partition coefficient (Wildman–Crippen LogP) is 4.10. The predicted molar refractivity (Wildman–Crippen MR) is 117 cm³/mol. The number of aromatic nitrogens is 2. The van der Waals surface area contributed by atoms with Crippen molar-refractivity contribution in [2.24, 2.45) is 7.05 Å². The summed E-state index contributed by atoms with van der Waals surface area (Å²) in [5.74, 6) is -1.63. The average molecular weight is 443 g/mol. The minimum Gasteiger partial charge on any atom is -0.357 e. The van der Waals surface area contributed by atoms with Crippen molar-refractivity contribution in [3.63, 3.8) is 0 Å². The van der Waals surface area contributed by atoms with Crippen molar-refractivity contribution in [1.82, 2.24) is 9.55 Å². The van der Waals surface area contributed by atoms with Crippen molar-refractivity contribution in [3.05, 3.63) is 82.4 Å². The first-order valence-electron chi connectivity index (χ1n) is 9.32. The third kappa shape index (κ3) is 4.22. The lowest BCUT2D eigenvalue weighted by Crippen LogP contribution is -2.16. The molecule has 2 aromatic carbocycles. The summed E-state index contributed by atoms with van der Waals surface area (Å²) in [6.45, 7) is 0. The summed E-state index contributed by atoms with van der Waals surface area (Å²) in [4.78, 5) is 15.4. The average Bonchev–Trinajstić information content (AvgIpc) is 3.17. The van der Waals surface area contributed by atoms with Gasteiger partial charge in [-0.15, -0.1) is 0 Å². The molecule has 0 saturated carbocycles. The first kappa shape index (κ1) is 20.8. The molecular weight excluding hydrogens is 424 g/mol. The molecular formula is C22H19F2N3O3S. The number of benzene rings is 2. The third-order valence-corrected chi connectivity index (χ3v) is 5.76. The van der Waals surface area contributed by atoms with E-state index in [9.17, 15) is 22.0 Å². The lowest BCUT2D eigenvalue weighted by Gasteiger charge is -2.16. The lowest BCUT2D eigenvalue weighted by atomic mass is 9.99.